The lowest BCUT2D eigenvalue weighted by molar-refractivity contribution is 0.0951. The molecule has 3 nitrogen and oxygen atoms in total. The van der Waals surface area contributed by atoms with E-state index in [0.717, 1.165) is 11.3 Å². The first-order valence-corrected chi connectivity index (χ1v) is 7.03. The van der Waals surface area contributed by atoms with Crippen molar-refractivity contribution >= 4 is 40.4 Å². The van der Waals surface area contributed by atoms with Crippen molar-refractivity contribution in [1.29, 1.82) is 0 Å². The van der Waals surface area contributed by atoms with Crippen molar-refractivity contribution in [2.45, 2.75) is 6.54 Å². The van der Waals surface area contributed by atoms with Crippen LogP contribution < -0.4 is 10.1 Å². The Labute approximate surface area is 125 Å². The molecule has 19 heavy (non-hydrogen) atoms. The Morgan fingerprint density at radius 1 is 1.32 bits per heavy atom. The smallest absolute Gasteiger partial charge is 0.253 e. The highest BCUT2D eigenvalue weighted by Gasteiger charge is 2.13. The molecule has 2 rings (SSSR count). The highest BCUT2D eigenvalue weighted by molar-refractivity contribution is 7.20. The average Bonchev–Trinajstić information content (AvgIpc) is 2.75. The lowest BCUT2D eigenvalue weighted by Gasteiger charge is -2.05. The van der Waals surface area contributed by atoms with E-state index in [9.17, 15) is 4.79 Å². The molecule has 0 radical (unpaired) electrons. The van der Waals surface area contributed by atoms with Crippen LogP contribution in [-0.2, 0) is 6.54 Å². The molecule has 1 aromatic heterocycles. The first-order valence-electron chi connectivity index (χ1n) is 5.46. The maximum atomic E-state index is 11.9. The lowest BCUT2D eigenvalue weighted by Crippen LogP contribution is -2.22. The van der Waals surface area contributed by atoms with Crippen molar-refractivity contribution in [1.82, 2.24) is 5.32 Å². The fourth-order valence-electron chi connectivity index (χ4n) is 1.52. The first kappa shape index (κ1) is 14.2. The van der Waals surface area contributed by atoms with Gasteiger partial charge in [-0.25, -0.2) is 0 Å². The maximum absolute atomic E-state index is 11.9. The van der Waals surface area contributed by atoms with Crippen molar-refractivity contribution in [2.24, 2.45) is 0 Å². The van der Waals surface area contributed by atoms with Crippen molar-refractivity contribution in [3.05, 3.63) is 50.1 Å². The summed E-state index contributed by atoms with van der Waals surface area (Å²) in [7, 11) is 1.61. The van der Waals surface area contributed by atoms with Gasteiger partial charge in [0.05, 0.1) is 17.0 Å². The summed E-state index contributed by atoms with van der Waals surface area (Å²) in [5.41, 5.74) is 1.39. The highest BCUT2D eigenvalue weighted by atomic mass is 35.5. The summed E-state index contributed by atoms with van der Waals surface area (Å²) in [5.74, 6) is 0.548. The number of thiophene rings is 1. The Balaban J connectivity index is 1.98. The molecule has 2 aromatic rings. The molecule has 1 N–H and O–H groups in total. The van der Waals surface area contributed by atoms with Gasteiger partial charge in [-0.3, -0.25) is 4.79 Å². The normalized spacial score (nSPS) is 10.3. The van der Waals surface area contributed by atoms with E-state index in [0.29, 0.717) is 20.8 Å². The van der Waals surface area contributed by atoms with Crippen LogP contribution in [0, 0.1) is 0 Å². The number of rotatable bonds is 4. The molecule has 0 unspecified atom stereocenters. The van der Waals surface area contributed by atoms with Crippen LogP contribution in [-0.4, -0.2) is 13.0 Å². The molecular formula is C13H11Cl2NO2S. The molecule has 0 aliphatic carbocycles. The van der Waals surface area contributed by atoms with Crippen molar-refractivity contribution < 1.29 is 9.53 Å². The van der Waals surface area contributed by atoms with E-state index in [1.807, 2.05) is 24.3 Å². The number of amides is 1. The Morgan fingerprint density at radius 2 is 2.00 bits per heavy atom. The number of benzene rings is 1. The van der Waals surface area contributed by atoms with Gasteiger partial charge >= 0.3 is 0 Å². The van der Waals surface area contributed by atoms with E-state index in [2.05, 4.69) is 5.32 Å². The minimum atomic E-state index is -0.232. The van der Waals surface area contributed by atoms with Gasteiger partial charge in [0.1, 0.15) is 10.1 Å². The van der Waals surface area contributed by atoms with E-state index < -0.39 is 0 Å². The molecule has 0 aliphatic heterocycles. The Hall–Kier alpha value is -1.23. The van der Waals surface area contributed by atoms with Crippen molar-refractivity contribution in [3.8, 4) is 5.75 Å². The van der Waals surface area contributed by atoms with Gasteiger partial charge in [0.2, 0.25) is 0 Å². The first-order chi connectivity index (χ1) is 9.10. The Bertz CT molecular complexity index is 581. The average molecular weight is 316 g/mol. The number of carbonyl (C=O) groups is 1. The van der Waals surface area contributed by atoms with Gasteiger partial charge in [-0.2, -0.15) is 0 Å². The second-order valence-electron chi connectivity index (χ2n) is 3.77. The topological polar surface area (TPSA) is 38.3 Å². The SMILES string of the molecule is COc1ccc(CNC(=O)c2cc(Cl)sc2Cl)cc1. The Morgan fingerprint density at radius 3 is 2.53 bits per heavy atom. The molecule has 1 heterocycles. The molecule has 0 atom stereocenters. The van der Waals surface area contributed by atoms with E-state index in [4.69, 9.17) is 27.9 Å². The fourth-order valence-corrected chi connectivity index (χ4v) is 2.97. The van der Waals surface area contributed by atoms with Crippen LogP contribution in [0.25, 0.3) is 0 Å². The van der Waals surface area contributed by atoms with Gasteiger partial charge in [-0.15, -0.1) is 11.3 Å². The molecule has 0 fully saturated rings. The van der Waals surface area contributed by atoms with Gasteiger partial charge in [-0.1, -0.05) is 35.3 Å². The van der Waals surface area contributed by atoms with Gasteiger partial charge in [0.25, 0.3) is 5.91 Å². The van der Waals surface area contributed by atoms with Crippen LogP contribution in [0.3, 0.4) is 0 Å². The third-order valence-electron chi connectivity index (χ3n) is 2.51. The van der Waals surface area contributed by atoms with Crippen LogP contribution in [0.4, 0.5) is 0 Å². The molecule has 0 bridgehead atoms. The highest BCUT2D eigenvalue weighted by Crippen LogP contribution is 2.31. The zero-order chi connectivity index (χ0) is 13.8. The molecule has 0 saturated carbocycles. The van der Waals surface area contributed by atoms with Gasteiger partial charge < -0.3 is 10.1 Å². The molecule has 0 aliphatic rings. The van der Waals surface area contributed by atoms with Crippen molar-refractivity contribution in [2.75, 3.05) is 7.11 Å². The van der Waals surface area contributed by atoms with E-state index in [1.54, 1.807) is 13.2 Å². The zero-order valence-corrected chi connectivity index (χ0v) is 12.4. The van der Waals surface area contributed by atoms with Crippen molar-refractivity contribution in [3.63, 3.8) is 0 Å². The molecule has 1 amide bonds. The number of halogens is 2. The maximum Gasteiger partial charge on any atom is 0.253 e. The van der Waals surface area contributed by atoms with Gasteiger partial charge in [-0.05, 0) is 23.8 Å². The number of methoxy groups -OCH3 is 1. The quantitative estimate of drug-likeness (QED) is 0.926. The van der Waals surface area contributed by atoms with Crippen LogP contribution in [0.15, 0.2) is 30.3 Å². The third-order valence-corrected chi connectivity index (χ3v) is 4.00. The largest absolute Gasteiger partial charge is 0.497 e. The van der Waals surface area contributed by atoms with E-state index in [-0.39, 0.29) is 5.91 Å². The summed E-state index contributed by atoms with van der Waals surface area (Å²) >= 11 is 12.9. The van der Waals surface area contributed by atoms with Gasteiger partial charge in [0.15, 0.2) is 0 Å². The minimum Gasteiger partial charge on any atom is -0.497 e. The molecule has 6 heteroatoms. The summed E-state index contributed by atoms with van der Waals surface area (Å²) in [6.07, 6.45) is 0. The summed E-state index contributed by atoms with van der Waals surface area (Å²) in [6.45, 7) is 0.423. The molecular weight excluding hydrogens is 305 g/mol. The number of hydrogen-bond acceptors (Lipinski definition) is 3. The molecule has 0 saturated heterocycles. The number of nitrogens with one attached hydrogen (secondary N) is 1. The Kier molecular flexibility index (Phi) is 4.69. The zero-order valence-electron chi connectivity index (χ0n) is 10.1. The van der Waals surface area contributed by atoms with Crippen LogP contribution in [0.2, 0.25) is 8.67 Å². The fraction of sp³-hybridized carbons (Fsp3) is 0.154. The number of hydrogen-bond donors (Lipinski definition) is 1. The minimum absolute atomic E-state index is 0.232. The summed E-state index contributed by atoms with van der Waals surface area (Å²) < 4.78 is 5.96. The summed E-state index contributed by atoms with van der Waals surface area (Å²) in [5, 5.41) is 2.79. The molecule has 0 spiro atoms. The van der Waals surface area contributed by atoms with Crippen LogP contribution in [0.5, 0.6) is 5.75 Å². The lowest BCUT2D eigenvalue weighted by atomic mass is 10.2. The van der Waals surface area contributed by atoms with E-state index >= 15 is 0 Å². The standard InChI is InChI=1S/C13H11Cl2NO2S/c1-18-9-4-2-8(3-5-9)7-16-13(17)10-6-11(14)19-12(10)15/h2-6H,7H2,1H3,(H,16,17). The van der Waals surface area contributed by atoms with Gasteiger partial charge in [0, 0.05) is 6.54 Å². The second-order valence-corrected chi connectivity index (χ2v) is 6.05. The predicted molar refractivity (Wildman–Crippen MR) is 78.5 cm³/mol. The summed E-state index contributed by atoms with van der Waals surface area (Å²) in [4.78, 5) is 11.9. The number of ether oxygens (including phenoxy) is 1. The second kappa shape index (κ2) is 6.28. The molecule has 100 valence electrons. The monoisotopic (exact) mass is 315 g/mol. The third kappa shape index (κ3) is 3.62. The predicted octanol–water partition coefficient (Wildman–Crippen LogP) is 3.99. The van der Waals surface area contributed by atoms with Crippen LogP contribution in [0.1, 0.15) is 15.9 Å². The molecule has 1 aromatic carbocycles. The summed E-state index contributed by atoms with van der Waals surface area (Å²) in [6, 6.07) is 9.03. The van der Waals surface area contributed by atoms with E-state index in [1.165, 1.54) is 11.3 Å². The van der Waals surface area contributed by atoms with Crippen LogP contribution >= 0.6 is 34.5 Å². The number of carbonyl (C=O) groups excluding carboxylic acids is 1.